The van der Waals surface area contributed by atoms with Gasteiger partial charge in [0, 0.05) is 12.0 Å². The van der Waals surface area contributed by atoms with Crippen LogP contribution < -0.4 is 4.74 Å². The summed E-state index contributed by atoms with van der Waals surface area (Å²) >= 11 is 0. The van der Waals surface area contributed by atoms with E-state index in [1.807, 2.05) is 12.1 Å². The number of imidazole rings is 1. The quantitative estimate of drug-likeness (QED) is 0.757. The van der Waals surface area contributed by atoms with Gasteiger partial charge in [0.15, 0.2) is 0 Å². The summed E-state index contributed by atoms with van der Waals surface area (Å²) in [6.45, 7) is 0.723. The smallest absolute Gasteiger partial charge is 0.335 e. The molecule has 21 heavy (non-hydrogen) atoms. The zero-order chi connectivity index (χ0) is 14.4. The number of hydrogen-bond donors (Lipinski definition) is 2. The number of aromatic carboxylic acids is 1. The molecule has 0 spiro atoms. The van der Waals surface area contributed by atoms with E-state index in [1.165, 1.54) is 5.56 Å². The summed E-state index contributed by atoms with van der Waals surface area (Å²) in [6.07, 6.45) is 0.909. The topological polar surface area (TPSA) is 75.2 Å². The third-order valence-corrected chi connectivity index (χ3v) is 3.69. The number of nitrogens with one attached hydrogen (secondary N) is 1. The first-order valence-electron chi connectivity index (χ1n) is 6.70. The molecule has 0 fully saturated rings. The van der Waals surface area contributed by atoms with E-state index >= 15 is 0 Å². The van der Waals surface area contributed by atoms with Crippen molar-refractivity contribution in [2.75, 3.05) is 6.61 Å². The second-order valence-electron chi connectivity index (χ2n) is 5.04. The minimum atomic E-state index is -0.942. The van der Waals surface area contributed by atoms with Crippen LogP contribution in [-0.2, 0) is 6.42 Å². The van der Waals surface area contributed by atoms with E-state index in [1.54, 1.807) is 18.2 Å². The molecule has 1 aromatic heterocycles. The van der Waals surface area contributed by atoms with Crippen molar-refractivity contribution in [3.63, 3.8) is 0 Å². The van der Waals surface area contributed by atoms with Crippen molar-refractivity contribution in [1.82, 2.24) is 9.97 Å². The lowest BCUT2D eigenvalue weighted by molar-refractivity contribution is 0.0697. The SMILES string of the molecule is O=C(O)c1ccc2nc(-c3ccc4c(c3)CCO4)[nH]c2c1. The minimum absolute atomic E-state index is 0.250. The van der Waals surface area contributed by atoms with E-state index in [0.29, 0.717) is 0 Å². The van der Waals surface area contributed by atoms with Gasteiger partial charge in [-0.05, 0) is 42.0 Å². The van der Waals surface area contributed by atoms with E-state index in [4.69, 9.17) is 9.84 Å². The van der Waals surface area contributed by atoms with Crippen LogP contribution in [0.1, 0.15) is 15.9 Å². The fraction of sp³-hybridized carbons (Fsp3) is 0.125. The number of fused-ring (bicyclic) bond motifs is 2. The van der Waals surface area contributed by atoms with Crippen molar-refractivity contribution < 1.29 is 14.6 Å². The number of carbonyl (C=O) groups is 1. The van der Waals surface area contributed by atoms with Crippen LogP contribution >= 0.6 is 0 Å². The number of rotatable bonds is 2. The molecule has 4 rings (SSSR count). The van der Waals surface area contributed by atoms with Crippen molar-refractivity contribution in [3.05, 3.63) is 47.5 Å². The Labute approximate surface area is 120 Å². The molecule has 0 bridgehead atoms. The summed E-state index contributed by atoms with van der Waals surface area (Å²) in [5.41, 5.74) is 3.89. The van der Waals surface area contributed by atoms with Crippen LogP contribution in [-0.4, -0.2) is 27.7 Å². The number of nitrogens with zero attached hydrogens (tertiary/aromatic N) is 1. The van der Waals surface area contributed by atoms with E-state index in [-0.39, 0.29) is 5.56 Å². The van der Waals surface area contributed by atoms with Crippen LogP contribution in [0.4, 0.5) is 0 Å². The molecular weight excluding hydrogens is 268 g/mol. The van der Waals surface area contributed by atoms with Gasteiger partial charge in [-0.1, -0.05) is 0 Å². The predicted molar refractivity (Wildman–Crippen MR) is 77.7 cm³/mol. The molecule has 104 valence electrons. The number of ether oxygens (including phenoxy) is 1. The van der Waals surface area contributed by atoms with Crippen LogP contribution in [0.3, 0.4) is 0 Å². The van der Waals surface area contributed by atoms with Gasteiger partial charge >= 0.3 is 5.97 Å². The molecule has 0 saturated heterocycles. The average molecular weight is 280 g/mol. The number of aromatic amines is 1. The van der Waals surface area contributed by atoms with Gasteiger partial charge in [-0.25, -0.2) is 9.78 Å². The second-order valence-corrected chi connectivity index (χ2v) is 5.04. The highest BCUT2D eigenvalue weighted by Crippen LogP contribution is 2.30. The Kier molecular flexibility index (Phi) is 2.47. The van der Waals surface area contributed by atoms with Crippen LogP contribution in [0, 0.1) is 0 Å². The maximum absolute atomic E-state index is 11.0. The molecule has 1 aliphatic rings. The summed E-state index contributed by atoms with van der Waals surface area (Å²) in [5.74, 6) is 0.730. The Hall–Kier alpha value is -2.82. The third-order valence-electron chi connectivity index (χ3n) is 3.69. The molecule has 1 aliphatic heterocycles. The van der Waals surface area contributed by atoms with Crippen LogP contribution in [0.5, 0.6) is 5.75 Å². The summed E-state index contributed by atoms with van der Waals surface area (Å²) in [7, 11) is 0. The number of carboxylic acid groups (broad SMARTS) is 1. The first-order valence-corrected chi connectivity index (χ1v) is 6.70. The standard InChI is InChI=1S/C16H12N2O3/c19-16(20)11-1-3-12-13(8-11)18-15(17-12)10-2-4-14-9(7-10)5-6-21-14/h1-4,7-8H,5-6H2,(H,17,18)(H,19,20). The van der Waals surface area contributed by atoms with Gasteiger partial charge in [-0.3, -0.25) is 0 Å². The summed E-state index contributed by atoms with van der Waals surface area (Å²) in [5, 5.41) is 9.03. The molecule has 2 aromatic carbocycles. The van der Waals surface area contributed by atoms with Gasteiger partial charge < -0.3 is 14.8 Å². The van der Waals surface area contributed by atoms with Crippen LogP contribution in [0.2, 0.25) is 0 Å². The molecule has 0 amide bonds. The Morgan fingerprint density at radius 3 is 3.00 bits per heavy atom. The molecule has 0 atom stereocenters. The zero-order valence-electron chi connectivity index (χ0n) is 11.1. The molecule has 5 nitrogen and oxygen atoms in total. The van der Waals surface area contributed by atoms with Crippen molar-refractivity contribution in [2.24, 2.45) is 0 Å². The molecule has 2 heterocycles. The highest BCUT2D eigenvalue weighted by Gasteiger charge is 2.14. The fourth-order valence-corrected chi connectivity index (χ4v) is 2.61. The molecule has 3 aromatic rings. The Balaban J connectivity index is 1.81. The highest BCUT2D eigenvalue weighted by molar-refractivity contribution is 5.93. The van der Waals surface area contributed by atoms with Crippen LogP contribution in [0.15, 0.2) is 36.4 Å². The average Bonchev–Trinajstić information content (AvgIpc) is 3.11. The lowest BCUT2D eigenvalue weighted by Crippen LogP contribution is -1.94. The van der Waals surface area contributed by atoms with Gasteiger partial charge in [0.05, 0.1) is 23.2 Å². The molecule has 5 heteroatoms. The maximum atomic E-state index is 11.0. The first kappa shape index (κ1) is 12.0. The predicted octanol–water partition coefficient (Wildman–Crippen LogP) is 2.86. The monoisotopic (exact) mass is 280 g/mol. The van der Waals surface area contributed by atoms with Gasteiger partial charge in [0.25, 0.3) is 0 Å². The number of benzene rings is 2. The Bertz CT molecular complexity index is 867. The van der Waals surface area contributed by atoms with Crippen LogP contribution in [0.25, 0.3) is 22.4 Å². The second kappa shape index (κ2) is 4.34. The minimum Gasteiger partial charge on any atom is -0.493 e. The molecule has 2 N–H and O–H groups in total. The lowest BCUT2D eigenvalue weighted by atomic mass is 10.1. The molecule has 0 unspecified atom stereocenters. The van der Waals surface area contributed by atoms with Crippen molar-refractivity contribution in [1.29, 1.82) is 0 Å². The number of carboxylic acids is 1. The summed E-state index contributed by atoms with van der Waals surface area (Å²) < 4.78 is 5.49. The van der Waals surface area contributed by atoms with Crippen molar-refractivity contribution >= 4 is 17.0 Å². The highest BCUT2D eigenvalue weighted by atomic mass is 16.5. The van der Waals surface area contributed by atoms with Crippen molar-refractivity contribution in [3.8, 4) is 17.1 Å². The van der Waals surface area contributed by atoms with E-state index in [2.05, 4.69) is 16.0 Å². The molecule has 0 radical (unpaired) electrons. The molecule has 0 saturated carbocycles. The Morgan fingerprint density at radius 2 is 2.14 bits per heavy atom. The number of aromatic nitrogens is 2. The summed E-state index contributed by atoms with van der Waals surface area (Å²) in [4.78, 5) is 18.7. The molecular formula is C16H12N2O3. The Morgan fingerprint density at radius 1 is 1.24 bits per heavy atom. The van der Waals surface area contributed by atoms with E-state index in [9.17, 15) is 4.79 Å². The van der Waals surface area contributed by atoms with Gasteiger partial charge in [-0.15, -0.1) is 0 Å². The number of H-pyrrole nitrogens is 1. The normalized spacial score (nSPS) is 13.1. The van der Waals surface area contributed by atoms with Gasteiger partial charge in [-0.2, -0.15) is 0 Å². The zero-order valence-corrected chi connectivity index (χ0v) is 11.1. The fourth-order valence-electron chi connectivity index (χ4n) is 2.61. The first-order chi connectivity index (χ1) is 10.2. The van der Waals surface area contributed by atoms with E-state index in [0.717, 1.165) is 41.2 Å². The largest absolute Gasteiger partial charge is 0.493 e. The van der Waals surface area contributed by atoms with E-state index < -0.39 is 5.97 Å². The summed E-state index contributed by atoms with van der Waals surface area (Å²) in [6, 6.07) is 10.9. The lowest BCUT2D eigenvalue weighted by Gasteiger charge is -2.01. The third kappa shape index (κ3) is 1.94. The van der Waals surface area contributed by atoms with Gasteiger partial charge in [0.2, 0.25) is 0 Å². The molecule has 0 aliphatic carbocycles. The van der Waals surface area contributed by atoms with Gasteiger partial charge in [0.1, 0.15) is 11.6 Å². The number of hydrogen-bond acceptors (Lipinski definition) is 3. The maximum Gasteiger partial charge on any atom is 0.335 e. The van der Waals surface area contributed by atoms with Crippen molar-refractivity contribution in [2.45, 2.75) is 6.42 Å².